The molecule has 3 nitrogen and oxygen atoms in total. The van der Waals surface area contributed by atoms with E-state index in [-0.39, 0.29) is 0 Å². The van der Waals surface area contributed by atoms with E-state index in [0.29, 0.717) is 0 Å². The molecule has 2 aromatic rings. The summed E-state index contributed by atoms with van der Waals surface area (Å²) in [7, 11) is 0. The van der Waals surface area contributed by atoms with Gasteiger partial charge in [0.15, 0.2) is 12.1 Å². The fourth-order valence-corrected chi connectivity index (χ4v) is 1.78. The van der Waals surface area contributed by atoms with Crippen molar-refractivity contribution in [3.63, 3.8) is 0 Å². The van der Waals surface area contributed by atoms with E-state index in [2.05, 4.69) is 43.3 Å². The Balaban J connectivity index is 0.000000491. The van der Waals surface area contributed by atoms with E-state index in [1.165, 1.54) is 23.3 Å². The maximum absolute atomic E-state index is 7.26. The highest BCUT2D eigenvalue weighted by Gasteiger charge is 2.04. The molecule has 0 fully saturated rings. The minimum atomic E-state index is 0.792. The standard InChI is InChI=1S/C16H18O.C2N2/c1-2-3-13-17-16-12-8-7-11-15(16)14-9-5-4-6-10-14;3-1-2-4/h4-12H,2-3,13H2,1H3;. The SMILES string of the molecule is CCCCOc1ccccc1-c1ccccc1.N#CC#N. The first-order valence-corrected chi connectivity index (χ1v) is 6.89. The molecule has 2 rings (SSSR count). The largest absolute Gasteiger partial charge is 0.493 e. The van der Waals surface area contributed by atoms with Crippen molar-refractivity contribution in [2.75, 3.05) is 6.61 Å². The Labute approximate surface area is 126 Å². The molecule has 0 heterocycles. The lowest BCUT2D eigenvalue weighted by Gasteiger charge is -2.11. The van der Waals surface area contributed by atoms with Crippen LogP contribution in [0.2, 0.25) is 0 Å². The molecule has 0 spiro atoms. The van der Waals surface area contributed by atoms with Crippen LogP contribution in [0.4, 0.5) is 0 Å². The van der Waals surface area contributed by atoms with E-state index in [1.54, 1.807) is 0 Å². The number of ether oxygens (including phenoxy) is 1. The second-order valence-corrected chi connectivity index (χ2v) is 4.29. The average molecular weight is 278 g/mol. The molecule has 0 aliphatic heterocycles. The normalized spacial score (nSPS) is 8.71. The van der Waals surface area contributed by atoms with Crippen LogP contribution in [0.3, 0.4) is 0 Å². The van der Waals surface area contributed by atoms with Gasteiger partial charge in [-0.2, -0.15) is 10.5 Å². The number of rotatable bonds is 5. The Morgan fingerprint density at radius 3 is 2.14 bits per heavy atom. The first-order chi connectivity index (χ1) is 10.3. The Morgan fingerprint density at radius 1 is 0.905 bits per heavy atom. The maximum atomic E-state index is 7.26. The zero-order chi connectivity index (χ0) is 15.3. The van der Waals surface area contributed by atoms with Crippen molar-refractivity contribution in [2.24, 2.45) is 0 Å². The van der Waals surface area contributed by atoms with Crippen LogP contribution in [0.15, 0.2) is 54.6 Å². The molecule has 0 aliphatic rings. The molecule has 0 unspecified atom stereocenters. The third-order valence-electron chi connectivity index (χ3n) is 2.78. The van der Waals surface area contributed by atoms with Gasteiger partial charge in [-0.25, -0.2) is 0 Å². The summed E-state index contributed by atoms with van der Waals surface area (Å²) in [6.07, 6.45) is 2.26. The van der Waals surface area contributed by atoms with Gasteiger partial charge in [-0.1, -0.05) is 61.9 Å². The lowest BCUT2D eigenvalue weighted by molar-refractivity contribution is 0.310. The topological polar surface area (TPSA) is 56.8 Å². The summed E-state index contributed by atoms with van der Waals surface area (Å²) >= 11 is 0. The van der Waals surface area contributed by atoms with Crippen LogP contribution < -0.4 is 4.74 Å². The van der Waals surface area contributed by atoms with Gasteiger partial charge < -0.3 is 4.74 Å². The van der Waals surface area contributed by atoms with Crippen LogP contribution in [0.25, 0.3) is 11.1 Å². The number of nitrogens with zero attached hydrogens (tertiary/aromatic N) is 2. The third kappa shape index (κ3) is 5.80. The van der Waals surface area contributed by atoms with Crippen LogP contribution in [-0.4, -0.2) is 6.61 Å². The number of unbranched alkanes of at least 4 members (excludes halogenated alkanes) is 1. The van der Waals surface area contributed by atoms with Gasteiger partial charge in [-0.15, -0.1) is 0 Å². The molecular weight excluding hydrogens is 260 g/mol. The molecule has 0 saturated carbocycles. The van der Waals surface area contributed by atoms with Crippen molar-refractivity contribution in [3.05, 3.63) is 54.6 Å². The molecular formula is C18H18N2O. The Bertz CT molecular complexity index is 597. The molecule has 0 saturated heterocycles. The third-order valence-corrected chi connectivity index (χ3v) is 2.78. The van der Waals surface area contributed by atoms with Crippen molar-refractivity contribution in [1.29, 1.82) is 10.5 Å². The minimum absolute atomic E-state index is 0.792. The summed E-state index contributed by atoms with van der Waals surface area (Å²) in [4.78, 5) is 0. The van der Waals surface area contributed by atoms with Crippen LogP contribution in [-0.2, 0) is 0 Å². The Hall–Kier alpha value is -2.78. The Morgan fingerprint density at radius 2 is 1.52 bits per heavy atom. The first-order valence-electron chi connectivity index (χ1n) is 6.89. The number of para-hydroxylation sites is 1. The summed E-state index contributed by atoms with van der Waals surface area (Å²) in [5.74, 6) is 0.979. The molecule has 0 radical (unpaired) electrons. The second-order valence-electron chi connectivity index (χ2n) is 4.29. The number of benzene rings is 2. The van der Waals surface area contributed by atoms with E-state index >= 15 is 0 Å². The van der Waals surface area contributed by atoms with Crippen LogP contribution in [0.1, 0.15) is 19.8 Å². The Kier molecular flexibility index (Phi) is 7.80. The lowest BCUT2D eigenvalue weighted by atomic mass is 10.1. The van der Waals surface area contributed by atoms with Crippen LogP contribution in [0, 0.1) is 22.7 Å². The zero-order valence-electron chi connectivity index (χ0n) is 12.1. The second kappa shape index (κ2) is 10.1. The van der Waals surface area contributed by atoms with E-state index in [1.807, 2.05) is 18.2 Å². The van der Waals surface area contributed by atoms with Gasteiger partial charge in [-0.05, 0) is 18.1 Å². The summed E-state index contributed by atoms with van der Waals surface area (Å²) in [5, 5.41) is 14.5. The maximum Gasteiger partial charge on any atom is 0.181 e. The first kappa shape index (κ1) is 16.3. The molecule has 2 aromatic carbocycles. The quantitative estimate of drug-likeness (QED) is 0.753. The predicted octanol–water partition coefficient (Wildman–Crippen LogP) is 4.57. The zero-order valence-corrected chi connectivity index (χ0v) is 12.1. The van der Waals surface area contributed by atoms with Crippen molar-refractivity contribution >= 4 is 0 Å². The monoisotopic (exact) mass is 278 g/mol. The fourth-order valence-electron chi connectivity index (χ4n) is 1.78. The van der Waals surface area contributed by atoms with E-state index in [0.717, 1.165) is 25.2 Å². The molecule has 0 amide bonds. The summed E-state index contributed by atoms with van der Waals surface area (Å²) in [6, 6.07) is 21.1. The number of hydrogen-bond acceptors (Lipinski definition) is 3. The number of hydrogen-bond donors (Lipinski definition) is 0. The van der Waals surface area contributed by atoms with Gasteiger partial charge in [0, 0.05) is 5.56 Å². The smallest absolute Gasteiger partial charge is 0.181 e. The summed E-state index contributed by atoms with van der Waals surface area (Å²) in [6.45, 7) is 2.97. The van der Waals surface area contributed by atoms with Crippen LogP contribution >= 0.6 is 0 Å². The van der Waals surface area contributed by atoms with Crippen molar-refractivity contribution in [2.45, 2.75) is 19.8 Å². The molecule has 0 aromatic heterocycles. The van der Waals surface area contributed by atoms with Crippen molar-refractivity contribution in [1.82, 2.24) is 0 Å². The molecule has 0 bridgehead atoms. The summed E-state index contributed by atoms with van der Waals surface area (Å²) in [5.41, 5.74) is 2.38. The molecule has 0 atom stereocenters. The van der Waals surface area contributed by atoms with E-state index < -0.39 is 0 Å². The van der Waals surface area contributed by atoms with Gasteiger partial charge >= 0.3 is 0 Å². The van der Waals surface area contributed by atoms with Crippen molar-refractivity contribution < 1.29 is 4.74 Å². The minimum Gasteiger partial charge on any atom is -0.493 e. The van der Waals surface area contributed by atoms with E-state index in [4.69, 9.17) is 15.3 Å². The molecule has 106 valence electrons. The van der Waals surface area contributed by atoms with Crippen molar-refractivity contribution in [3.8, 4) is 29.0 Å². The fraction of sp³-hybridized carbons (Fsp3) is 0.222. The highest BCUT2D eigenvalue weighted by Crippen LogP contribution is 2.29. The van der Waals surface area contributed by atoms with Gasteiger partial charge in [0.25, 0.3) is 0 Å². The highest BCUT2D eigenvalue weighted by atomic mass is 16.5. The predicted molar refractivity (Wildman–Crippen MR) is 83.5 cm³/mol. The van der Waals surface area contributed by atoms with E-state index in [9.17, 15) is 0 Å². The van der Waals surface area contributed by atoms with Gasteiger partial charge in [0.2, 0.25) is 0 Å². The molecule has 21 heavy (non-hydrogen) atoms. The number of nitriles is 2. The van der Waals surface area contributed by atoms with Gasteiger partial charge in [0.05, 0.1) is 6.61 Å². The molecule has 0 N–H and O–H groups in total. The van der Waals surface area contributed by atoms with Gasteiger partial charge in [0.1, 0.15) is 5.75 Å². The van der Waals surface area contributed by atoms with Crippen LogP contribution in [0.5, 0.6) is 5.75 Å². The lowest BCUT2D eigenvalue weighted by Crippen LogP contribution is -1.97. The highest BCUT2D eigenvalue weighted by molar-refractivity contribution is 5.70. The molecule has 0 aliphatic carbocycles. The summed E-state index contributed by atoms with van der Waals surface area (Å²) < 4.78 is 5.83. The van der Waals surface area contributed by atoms with Gasteiger partial charge in [-0.3, -0.25) is 0 Å². The molecule has 3 heteroatoms. The average Bonchev–Trinajstić information content (AvgIpc) is 2.56.